The van der Waals surface area contributed by atoms with Crippen LogP contribution >= 0.6 is 0 Å². The fraction of sp³-hybridized carbons (Fsp3) is 0.705. The fourth-order valence-electron chi connectivity index (χ4n) is 16.4. The summed E-state index contributed by atoms with van der Waals surface area (Å²) in [4.78, 5) is 39.1. The Bertz CT molecular complexity index is 3450. The molecule has 7 aliphatic heterocycles. The van der Waals surface area contributed by atoms with E-state index in [-0.39, 0.29) is 37.4 Å². The lowest BCUT2D eigenvalue weighted by Crippen LogP contribution is -2.44. The number of hydrogen-bond donors (Lipinski definition) is 3. The van der Waals surface area contributed by atoms with Gasteiger partial charge in [-0.05, 0) is 200 Å². The zero-order valence-electron chi connectivity index (χ0n) is 61.5. The number of aliphatic imine (C=N–C) groups is 1. The van der Waals surface area contributed by atoms with Crippen LogP contribution in [0.15, 0.2) is 41.4 Å². The van der Waals surface area contributed by atoms with Crippen LogP contribution in [0.4, 0.5) is 32.1 Å². The first kappa shape index (κ1) is 73.4. The molecule has 9 aliphatic rings. The molecule has 0 bridgehead atoms. The largest absolute Gasteiger partial charge is 0.493 e. The van der Waals surface area contributed by atoms with Crippen LogP contribution in [0, 0.1) is 0 Å². The molecular formula is C78H118F2N14O6. The van der Waals surface area contributed by atoms with Gasteiger partial charge in [-0.25, -0.2) is 28.7 Å². The third-order valence-corrected chi connectivity index (χ3v) is 22.9. The van der Waals surface area contributed by atoms with Gasteiger partial charge in [-0.15, -0.1) is 0 Å². The van der Waals surface area contributed by atoms with E-state index in [1.807, 2.05) is 23.1 Å². The van der Waals surface area contributed by atoms with Crippen molar-refractivity contribution in [2.45, 2.75) is 217 Å². The smallest absolute Gasteiger partial charge is 0.251 e. The van der Waals surface area contributed by atoms with E-state index in [4.69, 9.17) is 54.1 Å². The molecule has 0 radical (unpaired) electrons. The van der Waals surface area contributed by atoms with Gasteiger partial charge in [-0.2, -0.15) is 4.98 Å². The second-order valence-corrected chi connectivity index (χ2v) is 30.3. The van der Waals surface area contributed by atoms with Gasteiger partial charge in [-0.1, -0.05) is 25.7 Å². The third-order valence-electron chi connectivity index (χ3n) is 22.9. The van der Waals surface area contributed by atoms with Gasteiger partial charge in [0.2, 0.25) is 5.95 Å². The van der Waals surface area contributed by atoms with Crippen molar-refractivity contribution < 1.29 is 37.2 Å². The zero-order valence-corrected chi connectivity index (χ0v) is 61.5. The molecule has 8 fully saturated rings. The fourth-order valence-corrected chi connectivity index (χ4v) is 16.4. The van der Waals surface area contributed by atoms with E-state index in [1.165, 1.54) is 122 Å². The van der Waals surface area contributed by atoms with Crippen molar-refractivity contribution in [2.24, 2.45) is 10.7 Å². The number of methoxy groups -OCH3 is 3. The molecule has 0 atom stereocenters. The topological polar surface area (TPSA) is 189 Å². The number of nitrogens with zero attached hydrogens (tertiary/aromatic N) is 11. The van der Waals surface area contributed by atoms with Gasteiger partial charge in [-0.3, -0.25) is 0 Å². The minimum atomic E-state index is -2.62. The molecule has 100 heavy (non-hydrogen) atoms. The summed E-state index contributed by atoms with van der Waals surface area (Å²) in [5.41, 5.74) is 10.1. The van der Waals surface area contributed by atoms with Crippen molar-refractivity contribution in [3.8, 4) is 34.5 Å². The van der Waals surface area contributed by atoms with Crippen LogP contribution in [0.5, 0.6) is 34.5 Å². The number of aromatic nitrogens is 4. The highest BCUT2D eigenvalue weighted by Crippen LogP contribution is 2.54. The summed E-state index contributed by atoms with van der Waals surface area (Å²) in [5.74, 6) is 6.21. The zero-order chi connectivity index (χ0) is 69.6. The Hall–Kier alpha value is -6.33. The maximum Gasteiger partial charge on any atom is 0.251 e. The normalized spacial score (nSPS) is 21.0. The van der Waals surface area contributed by atoms with E-state index in [1.54, 1.807) is 21.3 Å². The Balaban J connectivity index is 0.000000146. The van der Waals surface area contributed by atoms with Crippen molar-refractivity contribution in [1.29, 1.82) is 0 Å². The van der Waals surface area contributed by atoms with E-state index in [0.29, 0.717) is 61.3 Å². The number of amidine groups is 1. The van der Waals surface area contributed by atoms with Crippen LogP contribution in [-0.4, -0.2) is 220 Å². The summed E-state index contributed by atoms with van der Waals surface area (Å²) in [5, 5.41) is 9.41. The Morgan fingerprint density at radius 3 is 1.36 bits per heavy atom. The van der Waals surface area contributed by atoms with Crippen molar-refractivity contribution in [2.75, 3.05) is 155 Å². The van der Waals surface area contributed by atoms with Crippen LogP contribution in [0.2, 0.25) is 0 Å². The average Bonchev–Trinajstić information content (AvgIpc) is 1.55. The number of benzene rings is 3. The monoisotopic (exact) mass is 1380 g/mol. The molecule has 22 heteroatoms. The number of alkyl halides is 2. The molecule has 20 nitrogen and oxygen atoms in total. The highest BCUT2D eigenvalue weighted by molar-refractivity contribution is 6.00. The standard InChI is InChI=1S/C30H47N5O2.C29H44F2N6O2.C19H27N3O2/c1-22(2)35-17-12-24(13-18-35)31-30-25-20-27(36-3)28(37-19-9-16-34-14-7-8-15-34)21-26(25)32-29(33-30)23-10-5-4-6-11-23;1-21(2)36-14-7-22(8-15-36)32-27-23-19-25(38-3)26(39-18-6-13-35-11-4-5-12-35)20-24(23)33-28(34-27)37-16-9-29(30,31)10-17-37;1-23-16-12-14-15(21-18(20)19(14)6-4-7-19)13-17(16)24-11-5-10-22-8-2-3-9-22/h20-24H,4-19H2,1-3H3,(H,31,32,33);19-22H,4-18H2,1-3H3,(H,32,33,34);12-13H,2-11H2,1H3,(H2,20,21). The van der Waals surface area contributed by atoms with E-state index in [0.717, 1.165) is 177 Å². The summed E-state index contributed by atoms with van der Waals surface area (Å²) < 4.78 is 63.3. The van der Waals surface area contributed by atoms with E-state index in [9.17, 15) is 8.78 Å². The van der Waals surface area contributed by atoms with E-state index >= 15 is 0 Å². The lowest BCUT2D eigenvalue weighted by Gasteiger charge is -2.38. The maximum absolute atomic E-state index is 13.9. The molecule has 4 N–H and O–H groups in total. The molecular weight excluding hydrogens is 1270 g/mol. The third kappa shape index (κ3) is 18.5. The molecule has 9 heterocycles. The first-order valence-corrected chi connectivity index (χ1v) is 38.7. The number of anilines is 3. The molecule has 6 saturated heterocycles. The predicted molar refractivity (Wildman–Crippen MR) is 398 cm³/mol. The summed E-state index contributed by atoms with van der Waals surface area (Å²) in [6, 6.07) is 14.0. The van der Waals surface area contributed by atoms with E-state index in [2.05, 4.69) is 86.0 Å². The van der Waals surface area contributed by atoms with Crippen LogP contribution in [0.1, 0.15) is 193 Å². The first-order chi connectivity index (χ1) is 48.6. The molecule has 5 aromatic rings. The quantitative estimate of drug-likeness (QED) is 0.0443. The van der Waals surface area contributed by atoms with Crippen molar-refractivity contribution in [3.05, 3.63) is 47.8 Å². The molecule has 550 valence electrons. The average molecular weight is 1390 g/mol. The lowest BCUT2D eigenvalue weighted by molar-refractivity contribution is -0.0222. The number of rotatable bonds is 26. The number of ether oxygens (including phenoxy) is 6. The van der Waals surface area contributed by atoms with Crippen molar-refractivity contribution >= 4 is 50.9 Å². The molecule has 2 aliphatic carbocycles. The van der Waals surface area contributed by atoms with Crippen LogP contribution in [0.3, 0.4) is 0 Å². The number of nitrogens with one attached hydrogen (secondary N) is 2. The Labute approximate surface area is 594 Å². The maximum atomic E-state index is 13.9. The molecule has 3 aromatic carbocycles. The van der Waals surface area contributed by atoms with Crippen molar-refractivity contribution in [3.63, 3.8) is 0 Å². The number of fused-ring (bicyclic) bond motifs is 4. The highest BCUT2D eigenvalue weighted by atomic mass is 19.3. The van der Waals surface area contributed by atoms with E-state index < -0.39 is 5.92 Å². The molecule has 0 unspecified atom stereocenters. The molecule has 1 spiro atoms. The number of likely N-dealkylation sites (tertiary alicyclic amines) is 5. The Kier molecular flexibility index (Phi) is 25.5. The second-order valence-electron chi connectivity index (χ2n) is 30.3. The summed E-state index contributed by atoms with van der Waals surface area (Å²) in [7, 11) is 5.08. The van der Waals surface area contributed by atoms with Gasteiger partial charge in [0.25, 0.3) is 5.92 Å². The molecule has 2 saturated carbocycles. The van der Waals surface area contributed by atoms with Gasteiger partial charge < -0.3 is 74.2 Å². The van der Waals surface area contributed by atoms with Gasteiger partial charge in [0.05, 0.1) is 63.3 Å². The highest BCUT2D eigenvalue weighted by Gasteiger charge is 2.48. The number of hydrogen-bond acceptors (Lipinski definition) is 20. The van der Waals surface area contributed by atoms with Crippen LogP contribution in [0.25, 0.3) is 21.8 Å². The summed E-state index contributed by atoms with van der Waals surface area (Å²) >= 11 is 0. The van der Waals surface area contributed by atoms with Crippen molar-refractivity contribution in [1.82, 2.24) is 44.4 Å². The minimum absolute atomic E-state index is 0.0309. The van der Waals surface area contributed by atoms with Gasteiger partial charge in [0.1, 0.15) is 23.3 Å². The Morgan fingerprint density at radius 1 is 0.480 bits per heavy atom. The van der Waals surface area contributed by atoms with Crippen LogP contribution < -0.4 is 49.7 Å². The number of halogens is 2. The predicted octanol–water partition coefficient (Wildman–Crippen LogP) is 13.8. The van der Waals surface area contributed by atoms with Crippen LogP contribution in [-0.2, 0) is 5.41 Å². The van der Waals surface area contributed by atoms with Gasteiger partial charge in [0, 0.05) is 131 Å². The summed E-state index contributed by atoms with van der Waals surface area (Å²) in [6.07, 6.45) is 24.5. The number of nitrogens with two attached hydrogens (primary N) is 1. The first-order valence-electron chi connectivity index (χ1n) is 38.7. The van der Waals surface area contributed by atoms with Gasteiger partial charge >= 0.3 is 0 Å². The van der Waals surface area contributed by atoms with Gasteiger partial charge in [0.15, 0.2) is 34.5 Å². The minimum Gasteiger partial charge on any atom is -0.493 e. The SMILES string of the molecule is COc1cc2c(NC3CCN(C(C)C)CC3)nc(C3CCCCC3)nc2cc1OCCCN1CCCC1.COc1cc2c(NC3CCN(C(C)C)CC3)nc(N3CCC(F)(F)CC3)nc2cc1OCCCN1CCCC1.COc1cc2c(cc1OCCCN1CCCC1)N=C(N)C21CCC1. The molecule has 0 amide bonds. The second kappa shape index (κ2) is 34.8. The summed E-state index contributed by atoms with van der Waals surface area (Å²) in [6.45, 7) is 26.4. The lowest BCUT2D eigenvalue weighted by atomic mass is 9.64. The molecule has 14 rings (SSSR count). The molecule has 2 aromatic heterocycles. The number of piperidine rings is 3. The Morgan fingerprint density at radius 2 is 0.920 bits per heavy atom.